The van der Waals surface area contributed by atoms with E-state index in [0.29, 0.717) is 11.8 Å². The lowest BCUT2D eigenvalue weighted by molar-refractivity contribution is -0.138. The molecule has 1 saturated carbocycles. The van der Waals surface area contributed by atoms with E-state index >= 15 is 0 Å². The van der Waals surface area contributed by atoms with Gasteiger partial charge in [-0.1, -0.05) is 6.92 Å². The number of hydrogen-bond donors (Lipinski definition) is 1. The highest BCUT2D eigenvalue weighted by Crippen LogP contribution is 2.36. The first-order valence-electron chi connectivity index (χ1n) is 6.47. The van der Waals surface area contributed by atoms with Crippen LogP contribution in [0.4, 0.5) is 0 Å². The number of nitrogens with two attached hydrogens (primary N) is 1. The largest absolute Gasteiger partial charge is 0.337 e. The molecule has 1 heterocycles. The lowest BCUT2D eigenvalue weighted by Crippen LogP contribution is -2.45. The maximum absolute atomic E-state index is 12.4. The Bertz CT molecular complexity index is 293. The highest BCUT2D eigenvalue weighted by molar-refractivity contribution is 5.85. The van der Waals surface area contributed by atoms with E-state index in [2.05, 4.69) is 25.7 Å². The van der Waals surface area contributed by atoms with Crippen LogP contribution in [0.15, 0.2) is 0 Å². The molecule has 3 unspecified atom stereocenters. The summed E-state index contributed by atoms with van der Waals surface area (Å²) in [6.45, 7) is 7.53. The number of nitrogens with zero attached hydrogens (tertiary/aromatic N) is 1. The summed E-state index contributed by atoms with van der Waals surface area (Å²) in [7, 11) is 0. The second kappa shape index (κ2) is 5.15. The highest BCUT2D eigenvalue weighted by Gasteiger charge is 2.42. The van der Waals surface area contributed by atoms with Gasteiger partial charge in [-0.05, 0) is 45.4 Å². The number of halogens is 1. The molecule has 0 aromatic heterocycles. The van der Waals surface area contributed by atoms with Gasteiger partial charge in [0.15, 0.2) is 0 Å². The van der Waals surface area contributed by atoms with Gasteiger partial charge in [-0.15, -0.1) is 12.4 Å². The average molecular weight is 261 g/mol. The summed E-state index contributed by atoms with van der Waals surface area (Å²) in [6.07, 6.45) is 4.01. The minimum Gasteiger partial charge on any atom is -0.337 e. The lowest BCUT2D eigenvalue weighted by Gasteiger charge is -2.33. The van der Waals surface area contributed by atoms with Gasteiger partial charge in [0.2, 0.25) is 5.91 Å². The van der Waals surface area contributed by atoms with Gasteiger partial charge in [0, 0.05) is 24.0 Å². The van der Waals surface area contributed by atoms with Gasteiger partial charge in [0.05, 0.1) is 0 Å². The Balaban J connectivity index is 0.00000144. The number of likely N-dealkylation sites (tertiary alicyclic amines) is 1. The fourth-order valence-corrected chi connectivity index (χ4v) is 3.44. The summed E-state index contributed by atoms with van der Waals surface area (Å²) in [4.78, 5) is 14.5. The Morgan fingerprint density at radius 2 is 2.00 bits per heavy atom. The van der Waals surface area contributed by atoms with Crippen molar-refractivity contribution in [1.29, 1.82) is 0 Å². The molecule has 1 aliphatic carbocycles. The van der Waals surface area contributed by atoms with Gasteiger partial charge in [-0.25, -0.2) is 0 Å². The molecule has 17 heavy (non-hydrogen) atoms. The van der Waals surface area contributed by atoms with Gasteiger partial charge in [-0.2, -0.15) is 0 Å². The first kappa shape index (κ1) is 14.8. The van der Waals surface area contributed by atoms with Crippen LogP contribution in [0.1, 0.15) is 46.5 Å². The quantitative estimate of drug-likeness (QED) is 0.786. The fourth-order valence-electron chi connectivity index (χ4n) is 3.44. The van der Waals surface area contributed by atoms with Crippen LogP contribution in [0.25, 0.3) is 0 Å². The summed E-state index contributed by atoms with van der Waals surface area (Å²) in [5.74, 6) is 1.18. The third-order valence-electron chi connectivity index (χ3n) is 4.16. The smallest absolute Gasteiger partial charge is 0.226 e. The Hall–Kier alpha value is -0.280. The van der Waals surface area contributed by atoms with Crippen LogP contribution in [-0.4, -0.2) is 28.9 Å². The molecule has 0 bridgehead atoms. The van der Waals surface area contributed by atoms with E-state index in [9.17, 15) is 4.79 Å². The van der Waals surface area contributed by atoms with Crippen molar-refractivity contribution < 1.29 is 4.79 Å². The minimum absolute atomic E-state index is 0. The molecule has 1 aliphatic heterocycles. The molecule has 2 rings (SSSR count). The van der Waals surface area contributed by atoms with Gasteiger partial charge in [0.25, 0.3) is 0 Å². The van der Waals surface area contributed by atoms with Crippen LogP contribution in [0, 0.1) is 11.8 Å². The molecule has 0 aromatic carbocycles. The van der Waals surface area contributed by atoms with E-state index in [0.717, 1.165) is 32.2 Å². The molecule has 0 aromatic rings. The Morgan fingerprint density at radius 1 is 1.35 bits per heavy atom. The number of carbonyl (C=O) groups is 1. The molecule has 3 nitrogen and oxygen atoms in total. The van der Waals surface area contributed by atoms with Crippen molar-refractivity contribution >= 4 is 18.3 Å². The van der Waals surface area contributed by atoms with E-state index in [1.54, 1.807) is 0 Å². The predicted molar refractivity (Wildman–Crippen MR) is 72.1 cm³/mol. The second-order valence-corrected chi connectivity index (χ2v) is 6.34. The van der Waals surface area contributed by atoms with Crippen LogP contribution >= 0.6 is 12.4 Å². The zero-order valence-corrected chi connectivity index (χ0v) is 11.9. The average Bonchev–Trinajstić information content (AvgIpc) is 2.69. The molecule has 2 aliphatic rings. The molecule has 0 spiro atoms. The molecule has 2 fully saturated rings. The zero-order chi connectivity index (χ0) is 11.9. The lowest BCUT2D eigenvalue weighted by atomic mass is 9.96. The Labute approximate surface area is 111 Å². The first-order valence-corrected chi connectivity index (χ1v) is 6.47. The summed E-state index contributed by atoms with van der Waals surface area (Å²) in [5, 5.41) is 0. The van der Waals surface area contributed by atoms with Crippen LogP contribution < -0.4 is 5.73 Å². The fraction of sp³-hybridized carbons (Fsp3) is 0.923. The molecule has 1 saturated heterocycles. The number of rotatable bonds is 1. The van der Waals surface area contributed by atoms with Crippen LogP contribution in [0.2, 0.25) is 0 Å². The van der Waals surface area contributed by atoms with Crippen molar-refractivity contribution in [2.75, 3.05) is 6.54 Å². The molecule has 4 heteroatoms. The topological polar surface area (TPSA) is 46.3 Å². The molecular weight excluding hydrogens is 236 g/mol. The van der Waals surface area contributed by atoms with Crippen molar-refractivity contribution in [2.24, 2.45) is 17.6 Å². The van der Waals surface area contributed by atoms with Gasteiger partial charge in [-0.3, -0.25) is 4.79 Å². The van der Waals surface area contributed by atoms with Crippen molar-refractivity contribution in [3.05, 3.63) is 0 Å². The SMILES string of the molecule is CC1CN(C(=O)C2CCC(N)C2)C(C)(C)C1.Cl. The van der Waals surface area contributed by atoms with Crippen molar-refractivity contribution in [3.8, 4) is 0 Å². The molecule has 1 amide bonds. The summed E-state index contributed by atoms with van der Waals surface area (Å²) in [5.41, 5.74) is 5.93. The van der Waals surface area contributed by atoms with E-state index in [4.69, 9.17) is 5.73 Å². The molecule has 100 valence electrons. The predicted octanol–water partition coefficient (Wildman–Crippen LogP) is 2.18. The van der Waals surface area contributed by atoms with E-state index in [-0.39, 0.29) is 29.9 Å². The maximum Gasteiger partial charge on any atom is 0.226 e. The van der Waals surface area contributed by atoms with Gasteiger partial charge >= 0.3 is 0 Å². The second-order valence-electron chi connectivity index (χ2n) is 6.34. The molecule has 3 atom stereocenters. The van der Waals surface area contributed by atoms with E-state index in [1.165, 1.54) is 0 Å². The third-order valence-corrected chi connectivity index (χ3v) is 4.16. The van der Waals surface area contributed by atoms with Gasteiger partial charge < -0.3 is 10.6 Å². The minimum atomic E-state index is 0. The van der Waals surface area contributed by atoms with E-state index < -0.39 is 0 Å². The van der Waals surface area contributed by atoms with Crippen molar-refractivity contribution in [1.82, 2.24) is 4.90 Å². The third kappa shape index (κ3) is 2.94. The monoisotopic (exact) mass is 260 g/mol. The van der Waals surface area contributed by atoms with E-state index in [1.807, 2.05) is 0 Å². The Kier molecular flexibility index (Phi) is 4.48. The normalized spacial score (nSPS) is 35.8. The number of amides is 1. The summed E-state index contributed by atoms with van der Waals surface area (Å²) >= 11 is 0. The number of carbonyl (C=O) groups excluding carboxylic acids is 1. The molecule has 2 N–H and O–H groups in total. The summed E-state index contributed by atoms with van der Waals surface area (Å²) < 4.78 is 0. The van der Waals surface area contributed by atoms with Crippen LogP contribution in [0.3, 0.4) is 0 Å². The Morgan fingerprint density at radius 3 is 2.41 bits per heavy atom. The first-order chi connectivity index (χ1) is 7.40. The standard InChI is InChI=1S/C13H24N2O.ClH/c1-9-7-13(2,3)15(8-9)12(16)10-4-5-11(14)6-10;/h9-11H,4-8,14H2,1-3H3;1H. The zero-order valence-electron chi connectivity index (χ0n) is 11.1. The van der Waals surface area contributed by atoms with Crippen molar-refractivity contribution in [2.45, 2.75) is 58.0 Å². The molecule has 0 radical (unpaired) electrons. The maximum atomic E-state index is 12.4. The summed E-state index contributed by atoms with van der Waals surface area (Å²) in [6, 6.07) is 0.247. The van der Waals surface area contributed by atoms with Crippen molar-refractivity contribution in [3.63, 3.8) is 0 Å². The van der Waals surface area contributed by atoms with Crippen LogP contribution in [0.5, 0.6) is 0 Å². The molecular formula is C13H25ClN2O. The van der Waals surface area contributed by atoms with Gasteiger partial charge in [0.1, 0.15) is 0 Å². The highest BCUT2D eigenvalue weighted by atomic mass is 35.5. The van der Waals surface area contributed by atoms with Crippen LogP contribution in [-0.2, 0) is 4.79 Å². The number of hydrogen-bond acceptors (Lipinski definition) is 2.